The van der Waals surface area contributed by atoms with E-state index in [1.54, 1.807) is 36.4 Å². The number of morpholine rings is 1. The van der Waals surface area contributed by atoms with Gasteiger partial charge in [-0.2, -0.15) is 0 Å². The third-order valence-corrected chi connectivity index (χ3v) is 5.61. The minimum absolute atomic E-state index is 0.0187. The average Bonchev–Trinajstić information content (AvgIpc) is 3.40. The SMILES string of the molecule is CC(C)Oc1ccc(/C(O)=C2\C(=O)C(=O)N(CCN3CCOCC3)[C@@H]2c2ccco2)cc1. The number of likely N-dealkylation sites (tertiary alicyclic amines) is 1. The predicted molar refractivity (Wildman–Crippen MR) is 117 cm³/mol. The van der Waals surface area contributed by atoms with Gasteiger partial charge >= 0.3 is 0 Å². The smallest absolute Gasteiger partial charge is 0.295 e. The molecule has 1 atom stereocenters. The van der Waals surface area contributed by atoms with Crippen molar-refractivity contribution in [2.45, 2.75) is 26.0 Å². The molecule has 2 fully saturated rings. The second-order valence-corrected chi connectivity index (χ2v) is 8.15. The van der Waals surface area contributed by atoms with Gasteiger partial charge in [-0.3, -0.25) is 14.5 Å². The van der Waals surface area contributed by atoms with Crippen LogP contribution in [0.4, 0.5) is 0 Å². The number of aliphatic hydroxyl groups is 1. The van der Waals surface area contributed by atoms with Crippen molar-refractivity contribution in [3.63, 3.8) is 0 Å². The molecule has 2 aliphatic rings. The Morgan fingerprint density at radius 1 is 1.12 bits per heavy atom. The highest BCUT2D eigenvalue weighted by molar-refractivity contribution is 6.46. The monoisotopic (exact) mass is 440 g/mol. The van der Waals surface area contributed by atoms with Crippen LogP contribution in [0.3, 0.4) is 0 Å². The minimum Gasteiger partial charge on any atom is -0.507 e. The highest BCUT2D eigenvalue weighted by Gasteiger charge is 2.47. The maximum Gasteiger partial charge on any atom is 0.295 e. The van der Waals surface area contributed by atoms with Crippen LogP contribution in [0, 0.1) is 0 Å². The molecule has 2 aliphatic heterocycles. The minimum atomic E-state index is -0.780. The lowest BCUT2D eigenvalue weighted by molar-refractivity contribution is -0.140. The van der Waals surface area contributed by atoms with Gasteiger partial charge in [0.05, 0.1) is 31.2 Å². The fraction of sp³-hybridized carbons (Fsp3) is 0.417. The van der Waals surface area contributed by atoms with Crippen molar-refractivity contribution in [3.05, 3.63) is 59.6 Å². The zero-order valence-corrected chi connectivity index (χ0v) is 18.3. The first-order valence-electron chi connectivity index (χ1n) is 10.8. The van der Waals surface area contributed by atoms with Gasteiger partial charge in [0.1, 0.15) is 23.3 Å². The number of amides is 1. The summed E-state index contributed by atoms with van der Waals surface area (Å²) in [5.41, 5.74) is 0.466. The number of ether oxygens (including phenoxy) is 2. The van der Waals surface area contributed by atoms with Crippen LogP contribution in [0.25, 0.3) is 5.76 Å². The van der Waals surface area contributed by atoms with E-state index in [0.29, 0.717) is 43.4 Å². The van der Waals surface area contributed by atoms with Gasteiger partial charge in [0.15, 0.2) is 0 Å². The van der Waals surface area contributed by atoms with E-state index in [-0.39, 0.29) is 17.4 Å². The van der Waals surface area contributed by atoms with Gasteiger partial charge in [-0.15, -0.1) is 0 Å². The molecule has 0 bridgehead atoms. The molecule has 2 saturated heterocycles. The number of aliphatic hydroxyl groups excluding tert-OH is 1. The molecule has 8 nitrogen and oxygen atoms in total. The molecule has 4 rings (SSSR count). The van der Waals surface area contributed by atoms with Crippen molar-refractivity contribution >= 4 is 17.4 Å². The van der Waals surface area contributed by atoms with Gasteiger partial charge in [-0.1, -0.05) is 0 Å². The van der Waals surface area contributed by atoms with Gasteiger partial charge in [0, 0.05) is 31.7 Å². The first-order chi connectivity index (χ1) is 15.5. The Morgan fingerprint density at radius 2 is 1.84 bits per heavy atom. The van der Waals surface area contributed by atoms with E-state index in [0.717, 1.165) is 13.1 Å². The van der Waals surface area contributed by atoms with Crippen molar-refractivity contribution in [1.82, 2.24) is 9.80 Å². The largest absolute Gasteiger partial charge is 0.507 e. The van der Waals surface area contributed by atoms with Crippen molar-refractivity contribution < 1.29 is 28.6 Å². The summed E-state index contributed by atoms with van der Waals surface area (Å²) in [7, 11) is 0. The lowest BCUT2D eigenvalue weighted by Gasteiger charge is -2.30. The third-order valence-electron chi connectivity index (χ3n) is 5.61. The number of benzene rings is 1. The molecule has 1 amide bonds. The molecular weight excluding hydrogens is 412 g/mol. The highest BCUT2D eigenvalue weighted by Crippen LogP contribution is 2.39. The van der Waals surface area contributed by atoms with Crippen molar-refractivity contribution in [2.24, 2.45) is 0 Å². The van der Waals surface area contributed by atoms with Gasteiger partial charge < -0.3 is 23.9 Å². The zero-order chi connectivity index (χ0) is 22.7. The Bertz CT molecular complexity index is 974. The Hall–Kier alpha value is -3.10. The topological polar surface area (TPSA) is 92.5 Å². The second kappa shape index (κ2) is 9.58. The second-order valence-electron chi connectivity index (χ2n) is 8.15. The number of carbonyl (C=O) groups excluding carboxylic acids is 2. The standard InChI is InChI=1S/C24H28N2O6/c1-16(2)32-18-7-5-17(6-8-18)22(27)20-21(19-4-3-13-31-19)26(24(29)23(20)28)10-9-25-11-14-30-15-12-25/h3-8,13,16,21,27H,9-12,14-15H2,1-2H3/b22-20+/t21-/m1/s1. The Balaban J connectivity index is 1.64. The molecule has 3 heterocycles. The van der Waals surface area contributed by atoms with Crippen LogP contribution >= 0.6 is 0 Å². The summed E-state index contributed by atoms with van der Waals surface area (Å²) in [4.78, 5) is 29.6. The number of furan rings is 1. The van der Waals surface area contributed by atoms with E-state index < -0.39 is 17.7 Å². The molecule has 0 saturated carbocycles. The van der Waals surface area contributed by atoms with Crippen LogP contribution < -0.4 is 4.74 Å². The molecule has 170 valence electrons. The average molecular weight is 440 g/mol. The van der Waals surface area contributed by atoms with E-state index in [2.05, 4.69) is 4.90 Å². The van der Waals surface area contributed by atoms with Crippen LogP contribution in [-0.4, -0.2) is 72.1 Å². The summed E-state index contributed by atoms with van der Waals surface area (Å²) in [6.07, 6.45) is 1.51. The van der Waals surface area contributed by atoms with E-state index in [1.807, 2.05) is 13.8 Å². The van der Waals surface area contributed by atoms with Gasteiger partial charge in [-0.25, -0.2) is 0 Å². The summed E-state index contributed by atoms with van der Waals surface area (Å²) in [5, 5.41) is 11.1. The summed E-state index contributed by atoms with van der Waals surface area (Å²) in [5.74, 6) is -0.485. The third kappa shape index (κ3) is 4.56. The fourth-order valence-electron chi connectivity index (χ4n) is 4.05. The Labute approximate surface area is 187 Å². The molecule has 1 aromatic heterocycles. The van der Waals surface area contributed by atoms with Crippen LogP contribution in [0.5, 0.6) is 5.75 Å². The number of nitrogens with zero attached hydrogens (tertiary/aromatic N) is 2. The molecule has 1 aromatic carbocycles. The normalized spacial score (nSPS) is 21.5. The maximum atomic E-state index is 13.0. The predicted octanol–water partition coefficient (Wildman–Crippen LogP) is 2.82. The molecule has 0 unspecified atom stereocenters. The molecule has 0 aliphatic carbocycles. The van der Waals surface area contributed by atoms with Crippen LogP contribution in [0.15, 0.2) is 52.7 Å². The number of hydrogen-bond acceptors (Lipinski definition) is 7. The van der Waals surface area contributed by atoms with Crippen molar-refractivity contribution in [2.75, 3.05) is 39.4 Å². The fourth-order valence-corrected chi connectivity index (χ4v) is 4.05. The lowest BCUT2D eigenvalue weighted by Crippen LogP contribution is -2.42. The van der Waals surface area contributed by atoms with E-state index in [4.69, 9.17) is 13.9 Å². The molecule has 1 N–H and O–H groups in total. The zero-order valence-electron chi connectivity index (χ0n) is 18.3. The van der Waals surface area contributed by atoms with E-state index in [9.17, 15) is 14.7 Å². The summed E-state index contributed by atoms with van der Waals surface area (Å²) in [6, 6.07) is 9.44. The molecular formula is C24H28N2O6. The molecule has 0 spiro atoms. The number of rotatable bonds is 7. The lowest BCUT2D eigenvalue weighted by atomic mass is 9.99. The van der Waals surface area contributed by atoms with Gasteiger partial charge in [0.25, 0.3) is 11.7 Å². The molecule has 8 heteroatoms. The number of carbonyl (C=O) groups is 2. The van der Waals surface area contributed by atoms with Crippen molar-refractivity contribution in [3.8, 4) is 5.75 Å². The quantitative estimate of drug-likeness (QED) is 0.402. The van der Waals surface area contributed by atoms with Gasteiger partial charge in [0.2, 0.25) is 0 Å². The molecule has 0 radical (unpaired) electrons. The van der Waals surface area contributed by atoms with E-state index >= 15 is 0 Å². The summed E-state index contributed by atoms with van der Waals surface area (Å²) in [6.45, 7) is 7.65. The van der Waals surface area contributed by atoms with Gasteiger partial charge in [-0.05, 0) is 50.2 Å². The van der Waals surface area contributed by atoms with Crippen LogP contribution in [0.1, 0.15) is 31.2 Å². The maximum absolute atomic E-state index is 13.0. The number of hydrogen-bond donors (Lipinski definition) is 1. The summed E-state index contributed by atoms with van der Waals surface area (Å²) < 4.78 is 16.6. The Kier molecular flexibility index (Phi) is 6.62. The first kappa shape index (κ1) is 22.1. The van der Waals surface area contributed by atoms with Crippen LogP contribution in [0.2, 0.25) is 0 Å². The molecule has 32 heavy (non-hydrogen) atoms. The summed E-state index contributed by atoms with van der Waals surface area (Å²) >= 11 is 0. The first-order valence-corrected chi connectivity index (χ1v) is 10.8. The number of Topliss-reactive ketones (excluding diaryl/α,β-unsaturated/α-hetero) is 1. The number of ketones is 1. The highest BCUT2D eigenvalue weighted by atomic mass is 16.5. The van der Waals surface area contributed by atoms with Crippen molar-refractivity contribution in [1.29, 1.82) is 0 Å². The van der Waals surface area contributed by atoms with Crippen LogP contribution in [-0.2, 0) is 14.3 Å². The Morgan fingerprint density at radius 3 is 2.47 bits per heavy atom. The van der Waals surface area contributed by atoms with E-state index in [1.165, 1.54) is 11.2 Å². The molecule has 2 aromatic rings.